The molecule has 0 atom stereocenters. The fourth-order valence-corrected chi connectivity index (χ4v) is 4.93. The highest BCUT2D eigenvalue weighted by Gasteiger charge is 2.37. The number of hydrogen-bond donors (Lipinski definition) is 1. The Kier molecular flexibility index (Phi) is 7.62. The van der Waals surface area contributed by atoms with Crippen LogP contribution in [0.15, 0.2) is 30.3 Å². The number of ether oxygens (including phenoxy) is 1. The highest BCUT2D eigenvalue weighted by atomic mass is 35.5. The zero-order chi connectivity index (χ0) is 25.4. The molecule has 1 saturated heterocycles. The third-order valence-corrected chi connectivity index (χ3v) is 7.56. The van der Waals surface area contributed by atoms with Crippen LogP contribution in [-0.2, 0) is 16.6 Å². The Labute approximate surface area is 213 Å². The summed E-state index contributed by atoms with van der Waals surface area (Å²) in [5.74, 6) is -1.71. The summed E-state index contributed by atoms with van der Waals surface area (Å²) >= 11 is 12.0. The number of hydrogen-bond acceptors (Lipinski definition) is 5. The van der Waals surface area contributed by atoms with Gasteiger partial charge in [-0.05, 0) is 60.9 Å². The largest absolute Gasteiger partial charge is 0.490 e. The summed E-state index contributed by atoms with van der Waals surface area (Å²) in [6, 6.07) is 7.80. The highest BCUT2D eigenvalue weighted by molar-refractivity contribution is 7.89. The van der Waals surface area contributed by atoms with Gasteiger partial charge in [0.15, 0.2) is 0 Å². The van der Waals surface area contributed by atoms with E-state index in [1.165, 1.54) is 6.07 Å². The molecule has 1 aliphatic heterocycles. The molecule has 1 amide bonds. The maximum absolute atomic E-state index is 15.5. The Morgan fingerprint density at radius 2 is 1.86 bits per heavy atom. The second-order valence-corrected chi connectivity index (χ2v) is 11.9. The summed E-state index contributed by atoms with van der Waals surface area (Å²) in [6.07, 6.45) is 2.99. The molecule has 2 aliphatic rings. The van der Waals surface area contributed by atoms with Crippen LogP contribution in [0.3, 0.4) is 0 Å². The summed E-state index contributed by atoms with van der Waals surface area (Å²) in [7, 11) is -3.84. The minimum Gasteiger partial charge on any atom is -0.490 e. The van der Waals surface area contributed by atoms with Crippen molar-refractivity contribution < 1.29 is 26.7 Å². The summed E-state index contributed by atoms with van der Waals surface area (Å²) in [5.41, 5.74) is -0.370. The number of piperidine rings is 1. The number of amides is 1. The van der Waals surface area contributed by atoms with Gasteiger partial charge >= 0.3 is 0 Å². The molecule has 0 unspecified atom stereocenters. The number of nitrogens with zero attached hydrogens (tertiary/aromatic N) is 1. The standard InChI is InChI=1S/C24H26Cl2F2N2O4S/c1-35(32,33)29-23(31)18-11-17(16-3-4-16)22(12-21(18)27)34-14-24(28)6-8-30(9-7-24)13-15-2-5-19(25)20(26)10-15/h2,5,10-12,16H,3-4,6-9,13-14H2,1H3,(H,29,31). The van der Waals surface area contributed by atoms with Gasteiger partial charge in [0, 0.05) is 25.7 Å². The topological polar surface area (TPSA) is 75.7 Å². The average Bonchev–Trinajstić information content (AvgIpc) is 3.61. The number of halogens is 4. The average molecular weight is 547 g/mol. The van der Waals surface area contributed by atoms with Crippen molar-refractivity contribution in [1.82, 2.24) is 9.62 Å². The zero-order valence-corrected chi connectivity index (χ0v) is 21.4. The van der Waals surface area contributed by atoms with Gasteiger partial charge in [-0.25, -0.2) is 21.9 Å². The third kappa shape index (κ3) is 6.84. The molecule has 190 valence electrons. The van der Waals surface area contributed by atoms with E-state index in [1.54, 1.807) is 16.9 Å². The maximum atomic E-state index is 15.5. The maximum Gasteiger partial charge on any atom is 0.267 e. The lowest BCUT2D eigenvalue weighted by atomic mass is 9.94. The zero-order valence-electron chi connectivity index (χ0n) is 19.1. The second kappa shape index (κ2) is 10.2. The van der Waals surface area contributed by atoms with Crippen LogP contribution in [-0.4, -0.2) is 50.8 Å². The number of likely N-dealkylation sites (tertiary alicyclic amines) is 1. The van der Waals surface area contributed by atoms with Crippen LogP contribution >= 0.6 is 23.2 Å². The molecular formula is C24H26Cl2F2N2O4S. The van der Waals surface area contributed by atoms with Crippen LogP contribution in [0, 0.1) is 5.82 Å². The highest BCUT2D eigenvalue weighted by Crippen LogP contribution is 2.45. The molecule has 1 saturated carbocycles. The minimum atomic E-state index is -3.84. The smallest absolute Gasteiger partial charge is 0.267 e. The molecular weight excluding hydrogens is 521 g/mol. The molecule has 2 aromatic rings. The predicted octanol–water partition coefficient (Wildman–Crippen LogP) is 5.08. The lowest BCUT2D eigenvalue weighted by Gasteiger charge is -2.36. The van der Waals surface area contributed by atoms with Gasteiger partial charge in [-0.2, -0.15) is 0 Å². The van der Waals surface area contributed by atoms with Gasteiger partial charge in [0.1, 0.15) is 23.8 Å². The molecule has 0 aromatic heterocycles. The minimum absolute atomic E-state index is 0.0685. The number of rotatable bonds is 8. The molecule has 0 bridgehead atoms. The van der Waals surface area contributed by atoms with Crippen molar-refractivity contribution in [3.63, 3.8) is 0 Å². The van der Waals surface area contributed by atoms with Crippen molar-refractivity contribution >= 4 is 39.1 Å². The monoisotopic (exact) mass is 546 g/mol. The van der Waals surface area contributed by atoms with Gasteiger partial charge in [-0.15, -0.1) is 0 Å². The Bertz CT molecular complexity index is 1230. The van der Waals surface area contributed by atoms with E-state index in [4.69, 9.17) is 27.9 Å². The summed E-state index contributed by atoms with van der Waals surface area (Å²) in [6.45, 7) is 1.44. The number of benzene rings is 2. The summed E-state index contributed by atoms with van der Waals surface area (Å²) in [5, 5.41) is 0.966. The van der Waals surface area contributed by atoms with Crippen molar-refractivity contribution in [2.45, 2.75) is 43.8 Å². The lowest BCUT2D eigenvalue weighted by Crippen LogP contribution is -2.44. The second-order valence-electron chi connectivity index (χ2n) is 9.31. The van der Waals surface area contributed by atoms with E-state index >= 15 is 4.39 Å². The van der Waals surface area contributed by atoms with Crippen molar-refractivity contribution in [3.05, 3.63) is 62.9 Å². The van der Waals surface area contributed by atoms with Gasteiger partial charge in [-0.3, -0.25) is 9.69 Å². The molecule has 1 heterocycles. The molecule has 0 radical (unpaired) electrons. The molecule has 0 spiro atoms. The van der Waals surface area contributed by atoms with Crippen LogP contribution in [0.2, 0.25) is 10.0 Å². The van der Waals surface area contributed by atoms with E-state index in [0.29, 0.717) is 35.2 Å². The Balaban J connectivity index is 1.39. The molecule has 1 N–H and O–H groups in total. The number of sulfonamides is 1. The first-order chi connectivity index (χ1) is 16.4. The first kappa shape index (κ1) is 26.1. The normalized spacial score (nSPS) is 18.3. The quantitative estimate of drug-likeness (QED) is 0.499. The van der Waals surface area contributed by atoms with E-state index in [-0.39, 0.29) is 36.7 Å². The predicted molar refractivity (Wildman–Crippen MR) is 131 cm³/mol. The van der Waals surface area contributed by atoms with E-state index in [0.717, 1.165) is 30.7 Å². The van der Waals surface area contributed by atoms with Gasteiger partial charge in [0.05, 0.1) is 21.9 Å². The SMILES string of the molecule is CS(=O)(=O)NC(=O)c1cc(C2CC2)c(OCC2(F)CCN(Cc3ccc(Cl)c(Cl)c3)CC2)cc1F. The molecule has 35 heavy (non-hydrogen) atoms. The van der Waals surface area contributed by atoms with Crippen molar-refractivity contribution in [2.75, 3.05) is 26.0 Å². The molecule has 2 aromatic carbocycles. The van der Waals surface area contributed by atoms with E-state index in [9.17, 15) is 17.6 Å². The van der Waals surface area contributed by atoms with Crippen LogP contribution in [0.25, 0.3) is 0 Å². The van der Waals surface area contributed by atoms with Gasteiger partial charge in [0.25, 0.3) is 5.91 Å². The van der Waals surface area contributed by atoms with Crippen LogP contribution in [0.1, 0.15) is 53.1 Å². The Hall–Kier alpha value is -1.94. The fourth-order valence-electron chi connectivity index (χ4n) is 4.17. The number of nitrogens with one attached hydrogen (secondary N) is 1. The van der Waals surface area contributed by atoms with Gasteiger partial charge < -0.3 is 4.74 Å². The van der Waals surface area contributed by atoms with Crippen LogP contribution < -0.4 is 9.46 Å². The van der Waals surface area contributed by atoms with Crippen molar-refractivity contribution in [1.29, 1.82) is 0 Å². The summed E-state index contributed by atoms with van der Waals surface area (Å²) < 4.78 is 60.4. The van der Waals surface area contributed by atoms with Gasteiger partial charge in [-0.1, -0.05) is 29.3 Å². The lowest BCUT2D eigenvalue weighted by molar-refractivity contribution is 0.0148. The first-order valence-corrected chi connectivity index (χ1v) is 13.9. The van der Waals surface area contributed by atoms with E-state index in [1.807, 2.05) is 6.07 Å². The number of carbonyl (C=O) groups is 1. The molecule has 1 aliphatic carbocycles. The summed E-state index contributed by atoms with van der Waals surface area (Å²) in [4.78, 5) is 14.3. The Morgan fingerprint density at radius 1 is 1.17 bits per heavy atom. The number of carbonyl (C=O) groups excluding carboxylic acids is 1. The van der Waals surface area contributed by atoms with Crippen LogP contribution in [0.4, 0.5) is 8.78 Å². The van der Waals surface area contributed by atoms with Crippen LogP contribution in [0.5, 0.6) is 5.75 Å². The van der Waals surface area contributed by atoms with Crippen molar-refractivity contribution in [3.8, 4) is 5.75 Å². The molecule has 4 rings (SSSR count). The fraction of sp³-hybridized carbons (Fsp3) is 0.458. The molecule has 2 fully saturated rings. The molecule has 11 heteroatoms. The number of alkyl halides is 1. The molecule has 6 nitrogen and oxygen atoms in total. The van der Waals surface area contributed by atoms with Crippen molar-refractivity contribution in [2.24, 2.45) is 0 Å². The van der Waals surface area contributed by atoms with E-state index in [2.05, 4.69) is 4.90 Å². The first-order valence-electron chi connectivity index (χ1n) is 11.3. The Morgan fingerprint density at radius 3 is 2.46 bits per heavy atom. The van der Waals surface area contributed by atoms with Gasteiger partial charge in [0.2, 0.25) is 10.0 Å². The van der Waals surface area contributed by atoms with E-state index < -0.39 is 27.4 Å². The third-order valence-electron chi connectivity index (χ3n) is 6.27.